The van der Waals surface area contributed by atoms with Gasteiger partial charge in [-0.25, -0.2) is 17.5 Å². The van der Waals surface area contributed by atoms with E-state index in [-0.39, 0.29) is 23.8 Å². The van der Waals surface area contributed by atoms with Crippen molar-refractivity contribution in [2.24, 2.45) is 0 Å². The Morgan fingerprint density at radius 1 is 1.31 bits per heavy atom. The van der Waals surface area contributed by atoms with E-state index in [0.717, 1.165) is 30.1 Å². The summed E-state index contributed by atoms with van der Waals surface area (Å²) in [5, 5.41) is 9.49. The number of carbonyl (C=O) groups excluding carboxylic acids is 1. The molecule has 0 saturated heterocycles. The minimum atomic E-state index is -3.77. The summed E-state index contributed by atoms with van der Waals surface area (Å²) in [5.41, 5.74) is 0. The van der Waals surface area contributed by atoms with Crippen LogP contribution in [0.25, 0.3) is 0 Å². The van der Waals surface area contributed by atoms with Gasteiger partial charge in [-0.2, -0.15) is 5.10 Å². The van der Waals surface area contributed by atoms with Gasteiger partial charge in [0.2, 0.25) is 15.9 Å². The number of aromatic amines is 1. The van der Waals surface area contributed by atoms with E-state index in [2.05, 4.69) is 20.2 Å². The number of benzene rings is 1. The fourth-order valence-electron chi connectivity index (χ4n) is 2.27. The number of carbonyl (C=O) groups is 1. The van der Waals surface area contributed by atoms with Crippen LogP contribution in [0.15, 0.2) is 29.2 Å². The molecule has 26 heavy (non-hydrogen) atoms. The number of nitrogens with zero attached hydrogens (tertiary/aromatic N) is 2. The maximum absolute atomic E-state index is 12.8. The molecular formula is C15H20FN5O3S2. The maximum Gasteiger partial charge on any atom is 0.240 e. The highest BCUT2D eigenvalue weighted by Crippen LogP contribution is 2.09. The molecule has 0 bridgehead atoms. The van der Waals surface area contributed by atoms with Crippen LogP contribution < -0.4 is 10.0 Å². The molecule has 1 aromatic heterocycles. The van der Waals surface area contributed by atoms with Gasteiger partial charge in [0.15, 0.2) is 4.77 Å². The second-order valence-corrected chi connectivity index (χ2v) is 7.54. The SMILES string of the molecule is CCn1c(CCNC(=O)CCNS(=O)(=O)c2ccc(F)cc2)n[nH]c1=S. The molecule has 0 aliphatic heterocycles. The summed E-state index contributed by atoms with van der Waals surface area (Å²) in [6, 6.07) is 4.45. The average molecular weight is 401 g/mol. The van der Waals surface area contributed by atoms with E-state index in [9.17, 15) is 17.6 Å². The first-order chi connectivity index (χ1) is 12.3. The van der Waals surface area contributed by atoms with Crippen molar-refractivity contribution in [2.45, 2.75) is 31.2 Å². The van der Waals surface area contributed by atoms with E-state index in [1.807, 2.05) is 11.5 Å². The van der Waals surface area contributed by atoms with E-state index in [1.165, 1.54) is 0 Å². The third-order valence-electron chi connectivity index (χ3n) is 3.59. The van der Waals surface area contributed by atoms with Crippen LogP contribution in [0.2, 0.25) is 0 Å². The van der Waals surface area contributed by atoms with Gasteiger partial charge in [0, 0.05) is 32.5 Å². The van der Waals surface area contributed by atoms with E-state index < -0.39 is 15.8 Å². The molecule has 1 amide bonds. The number of aromatic nitrogens is 3. The Kier molecular flexibility index (Phi) is 7.00. The fraction of sp³-hybridized carbons (Fsp3) is 0.400. The molecule has 0 aliphatic rings. The summed E-state index contributed by atoms with van der Waals surface area (Å²) >= 11 is 5.09. The van der Waals surface area contributed by atoms with Crippen molar-refractivity contribution in [3.63, 3.8) is 0 Å². The Bertz CT molecular complexity index is 906. The number of halogens is 1. The highest BCUT2D eigenvalue weighted by molar-refractivity contribution is 7.89. The van der Waals surface area contributed by atoms with Gasteiger partial charge in [0.25, 0.3) is 0 Å². The summed E-state index contributed by atoms with van der Waals surface area (Å²) < 4.78 is 41.5. The number of H-pyrrole nitrogens is 1. The predicted octanol–water partition coefficient (Wildman–Crippen LogP) is 1.13. The lowest BCUT2D eigenvalue weighted by Crippen LogP contribution is -2.32. The van der Waals surface area contributed by atoms with Crippen LogP contribution in [0.4, 0.5) is 4.39 Å². The molecule has 142 valence electrons. The fourth-order valence-corrected chi connectivity index (χ4v) is 3.58. The monoisotopic (exact) mass is 401 g/mol. The topological polar surface area (TPSA) is 109 Å². The first kappa shape index (κ1) is 20.2. The molecule has 2 rings (SSSR count). The molecule has 0 radical (unpaired) electrons. The van der Waals surface area contributed by atoms with Crippen LogP contribution >= 0.6 is 12.2 Å². The van der Waals surface area contributed by atoms with Gasteiger partial charge in [0.1, 0.15) is 11.6 Å². The Balaban J connectivity index is 1.75. The van der Waals surface area contributed by atoms with Gasteiger partial charge in [-0.15, -0.1) is 0 Å². The van der Waals surface area contributed by atoms with Crippen LogP contribution in [-0.2, 0) is 27.8 Å². The normalized spacial score (nSPS) is 11.5. The van der Waals surface area contributed by atoms with E-state index in [0.29, 0.717) is 24.3 Å². The molecule has 0 fully saturated rings. The maximum atomic E-state index is 12.8. The van der Waals surface area contributed by atoms with E-state index in [1.54, 1.807) is 0 Å². The number of nitrogens with one attached hydrogen (secondary N) is 3. The van der Waals surface area contributed by atoms with Crippen molar-refractivity contribution >= 4 is 28.1 Å². The summed E-state index contributed by atoms with van der Waals surface area (Å²) in [5.74, 6) is -0.0633. The molecule has 0 saturated carbocycles. The Hall–Kier alpha value is -2.11. The van der Waals surface area contributed by atoms with Gasteiger partial charge in [-0.3, -0.25) is 9.89 Å². The summed E-state index contributed by atoms with van der Waals surface area (Å²) in [4.78, 5) is 11.8. The molecule has 0 atom stereocenters. The van der Waals surface area contributed by atoms with Crippen LogP contribution in [0.3, 0.4) is 0 Å². The zero-order valence-corrected chi connectivity index (χ0v) is 15.8. The van der Waals surface area contributed by atoms with Gasteiger partial charge >= 0.3 is 0 Å². The van der Waals surface area contributed by atoms with Gasteiger partial charge in [0.05, 0.1) is 4.90 Å². The van der Waals surface area contributed by atoms with Crippen molar-refractivity contribution in [3.8, 4) is 0 Å². The van der Waals surface area contributed by atoms with Gasteiger partial charge < -0.3 is 9.88 Å². The third kappa shape index (κ3) is 5.44. The minimum Gasteiger partial charge on any atom is -0.356 e. The zero-order valence-electron chi connectivity index (χ0n) is 14.2. The van der Waals surface area contributed by atoms with Crippen LogP contribution in [0, 0.1) is 10.6 Å². The quantitative estimate of drug-likeness (QED) is 0.546. The van der Waals surface area contributed by atoms with Crippen molar-refractivity contribution in [1.82, 2.24) is 24.8 Å². The van der Waals surface area contributed by atoms with Crippen LogP contribution in [-0.4, -0.2) is 42.2 Å². The molecule has 1 aromatic carbocycles. The number of hydrogen-bond acceptors (Lipinski definition) is 5. The summed E-state index contributed by atoms with van der Waals surface area (Å²) in [6.45, 7) is 2.94. The minimum absolute atomic E-state index is 0.0128. The third-order valence-corrected chi connectivity index (χ3v) is 5.38. The molecule has 11 heteroatoms. The average Bonchev–Trinajstić information content (AvgIpc) is 2.95. The van der Waals surface area contributed by atoms with Gasteiger partial charge in [-0.05, 0) is 43.4 Å². The summed E-state index contributed by atoms with van der Waals surface area (Å²) in [7, 11) is -3.77. The van der Waals surface area contributed by atoms with Crippen molar-refractivity contribution in [3.05, 3.63) is 40.7 Å². The lowest BCUT2D eigenvalue weighted by molar-refractivity contribution is -0.120. The highest BCUT2D eigenvalue weighted by Gasteiger charge is 2.14. The Morgan fingerprint density at radius 2 is 2.00 bits per heavy atom. The molecule has 2 aromatic rings. The smallest absolute Gasteiger partial charge is 0.240 e. The highest BCUT2D eigenvalue weighted by atomic mass is 32.2. The zero-order chi connectivity index (χ0) is 19.2. The Morgan fingerprint density at radius 3 is 2.65 bits per heavy atom. The van der Waals surface area contributed by atoms with Crippen molar-refractivity contribution in [1.29, 1.82) is 0 Å². The second-order valence-electron chi connectivity index (χ2n) is 5.39. The predicted molar refractivity (Wildman–Crippen MR) is 96.0 cm³/mol. The van der Waals surface area contributed by atoms with Crippen molar-refractivity contribution in [2.75, 3.05) is 13.1 Å². The largest absolute Gasteiger partial charge is 0.356 e. The first-order valence-corrected chi connectivity index (χ1v) is 9.88. The van der Waals surface area contributed by atoms with Crippen LogP contribution in [0.5, 0.6) is 0 Å². The number of sulfonamides is 1. The molecule has 3 N–H and O–H groups in total. The number of rotatable bonds is 9. The first-order valence-electron chi connectivity index (χ1n) is 7.99. The molecule has 8 nitrogen and oxygen atoms in total. The second kappa shape index (κ2) is 9.01. The number of amides is 1. The molecular weight excluding hydrogens is 381 g/mol. The standard InChI is InChI=1S/C15H20FN5O3S2/c1-2-21-13(19-20-15(21)25)7-9-17-14(22)8-10-18-26(23,24)12-5-3-11(16)4-6-12/h3-6,18H,2,7-10H2,1H3,(H,17,22)(H,20,25). The van der Waals surface area contributed by atoms with Crippen LogP contribution in [0.1, 0.15) is 19.2 Å². The van der Waals surface area contributed by atoms with E-state index >= 15 is 0 Å². The number of hydrogen-bond donors (Lipinski definition) is 3. The molecule has 0 unspecified atom stereocenters. The Labute approximate surface area is 155 Å². The lowest BCUT2D eigenvalue weighted by Gasteiger charge is -2.08. The molecule has 0 aliphatic carbocycles. The summed E-state index contributed by atoms with van der Waals surface area (Å²) in [6.07, 6.45) is 0.495. The van der Waals surface area contributed by atoms with Crippen molar-refractivity contribution < 1.29 is 17.6 Å². The molecule has 1 heterocycles. The van der Waals surface area contributed by atoms with Gasteiger partial charge in [-0.1, -0.05) is 0 Å². The molecule has 0 spiro atoms. The van der Waals surface area contributed by atoms with E-state index in [4.69, 9.17) is 12.2 Å². The lowest BCUT2D eigenvalue weighted by atomic mass is 10.3.